The van der Waals surface area contributed by atoms with Crippen molar-refractivity contribution in [1.29, 1.82) is 0 Å². The van der Waals surface area contributed by atoms with Crippen molar-refractivity contribution in [2.45, 2.75) is 67.9 Å². The lowest BCUT2D eigenvalue weighted by Gasteiger charge is -2.47. The van der Waals surface area contributed by atoms with E-state index in [0.717, 1.165) is 33.1 Å². The van der Waals surface area contributed by atoms with Gasteiger partial charge in [0.25, 0.3) is 15.7 Å². The minimum absolute atomic E-state index is 0.0445. The third kappa shape index (κ3) is 10.6. The molecule has 298 valence electrons. The molecule has 1 heterocycles. The largest absolute Gasteiger partial charge is 0.480 e. The monoisotopic (exact) mass is 796 g/mol. The Balaban J connectivity index is 1.45. The van der Waals surface area contributed by atoms with Gasteiger partial charge in [0.15, 0.2) is 11.2 Å². The highest BCUT2D eigenvalue weighted by atomic mass is 32.2. The maximum atomic E-state index is 14.8. The van der Waals surface area contributed by atoms with Gasteiger partial charge in [0, 0.05) is 19.7 Å². The van der Waals surface area contributed by atoms with Crippen molar-refractivity contribution >= 4 is 21.7 Å². The Hall–Kier alpha value is -5.32. The Kier molecular flexibility index (Phi) is 14.3. The van der Waals surface area contributed by atoms with Gasteiger partial charge in [0.1, 0.15) is 30.5 Å². The number of methoxy groups -OCH3 is 1. The molecule has 1 aliphatic heterocycles. The summed E-state index contributed by atoms with van der Waals surface area (Å²) >= 11 is 0. The molecular weight excluding hydrogens is 753 g/mol. The van der Waals surface area contributed by atoms with Crippen molar-refractivity contribution in [1.82, 2.24) is 4.31 Å². The zero-order valence-corrected chi connectivity index (χ0v) is 32.0. The highest BCUT2D eigenvalue weighted by Gasteiger charge is 2.51. The highest BCUT2D eigenvalue weighted by Crippen LogP contribution is 2.35. The summed E-state index contributed by atoms with van der Waals surface area (Å²) in [6.07, 6.45) is -5.63. The first-order chi connectivity index (χ1) is 27.7. The molecule has 0 radical (unpaired) electrons. The quantitative estimate of drug-likeness (QED) is 0.0726. The van der Waals surface area contributed by atoms with Crippen LogP contribution in [-0.4, -0.2) is 79.1 Å². The number of nitro groups is 1. The molecule has 1 aliphatic rings. The summed E-state index contributed by atoms with van der Waals surface area (Å²) < 4.78 is 62.5. The van der Waals surface area contributed by atoms with E-state index < -0.39 is 74.8 Å². The fourth-order valence-electron chi connectivity index (χ4n) is 6.75. The van der Waals surface area contributed by atoms with Gasteiger partial charge in [-0.3, -0.25) is 14.9 Å². The molecule has 1 N–H and O–H groups in total. The maximum absolute atomic E-state index is 14.8. The molecule has 5 aromatic rings. The molecule has 6 atom stereocenters. The molecule has 0 saturated carbocycles. The molecule has 13 nitrogen and oxygen atoms in total. The Morgan fingerprint density at radius 1 is 0.702 bits per heavy atom. The summed E-state index contributed by atoms with van der Waals surface area (Å²) in [6.45, 7) is -0.321. The summed E-state index contributed by atoms with van der Waals surface area (Å²) in [6, 6.07) is 39.8. The molecular formula is C43H44N2O11S. The standard InChI is InChI=1S/C43H44N2O11S/c1-52-43-41(55-30-34-22-12-5-13-23-34)40(54-29-33-20-10-4-11-21-33)39(53-28-32-18-8-3-9-19-32)37(56-43)27-44(36(42(46)47)26-31-16-6-2-7-17-31)57(50,51)38-25-15-14-24-35(38)45(48)49/h2-25,36-37,39-41,43H,26-30H2,1H3,(H,46,47)/t36-,37-,39-,40+,41-,43+/m1/s1. The second kappa shape index (κ2) is 19.7. The molecule has 1 saturated heterocycles. The number of carboxylic acids is 1. The molecule has 1 fully saturated rings. The van der Waals surface area contributed by atoms with Crippen molar-refractivity contribution in [3.8, 4) is 0 Å². The fraction of sp³-hybridized carbons (Fsp3) is 0.279. The number of nitro benzene ring substituents is 1. The number of para-hydroxylation sites is 1. The Labute approximate surface area is 331 Å². The van der Waals surface area contributed by atoms with Crippen LogP contribution in [0.25, 0.3) is 0 Å². The smallest absolute Gasteiger partial charge is 0.322 e. The lowest BCUT2D eigenvalue weighted by Crippen LogP contribution is -2.64. The number of aliphatic carboxylic acids is 1. The number of hydrogen-bond acceptors (Lipinski definition) is 10. The topological polar surface area (TPSA) is 164 Å². The van der Waals surface area contributed by atoms with Gasteiger partial charge in [-0.2, -0.15) is 4.31 Å². The molecule has 14 heteroatoms. The Morgan fingerprint density at radius 2 is 1.14 bits per heavy atom. The summed E-state index contributed by atoms with van der Waals surface area (Å²) in [5, 5.41) is 22.9. The van der Waals surface area contributed by atoms with Crippen LogP contribution in [0.4, 0.5) is 5.69 Å². The number of hydrogen-bond donors (Lipinski definition) is 1. The van der Waals surface area contributed by atoms with E-state index in [0.29, 0.717) is 5.56 Å². The fourth-order valence-corrected chi connectivity index (χ4v) is 8.51. The first-order valence-electron chi connectivity index (χ1n) is 18.3. The van der Waals surface area contributed by atoms with Crippen LogP contribution >= 0.6 is 0 Å². The van der Waals surface area contributed by atoms with Gasteiger partial charge in [0.2, 0.25) is 0 Å². The van der Waals surface area contributed by atoms with E-state index in [1.807, 2.05) is 91.0 Å². The molecule has 0 amide bonds. The van der Waals surface area contributed by atoms with Crippen molar-refractivity contribution < 1.29 is 46.9 Å². The molecule has 5 aromatic carbocycles. The van der Waals surface area contributed by atoms with E-state index in [9.17, 15) is 28.4 Å². The van der Waals surface area contributed by atoms with Gasteiger partial charge in [-0.25, -0.2) is 8.42 Å². The van der Waals surface area contributed by atoms with Crippen LogP contribution < -0.4 is 0 Å². The van der Waals surface area contributed by atoms with E-state index in [1.165, 1.54) is 19.2 Å². The average molecular weight is 797 g/mol. The van der Waals surface area contributed by atoms with Crippen LogP contribution in [0.3, 0.4) is 0 Å². The van der Waals surface area contributed by atoms with E-state index >= 15 is 0 Å². The third-order valence-corrected chi connectivity index (χ3v) is 11.5. The number of ether oxygens (including phenoxy) is 5. The average Bonchev–Trinajstić information content (AvgIpc) is 3.24. The van der Waals surface area contributed by atoms with Crippen LogP contribution in [0.1, 0.15) is 22.3 Å². The van der Waals surface area contributed by atoms with Crippen molar-refractivity contribution in [3.63, 3.8) is 0 Å². The van der Waals surface area contributed by atoms with E-state index in [-0.39, 0.29) is 26.2 Å². The molecule has 0 bridgehead atoms. The summed E-state index contributed by atoms with van der Waals surface area (Å²) in [4.78, 5) is 23.9. The van der Waals surface area contributed by atoms with Crippen LogP contribution in [0, 0.1) is 10.1 Å². The summed E-state index contributed by atoms with van der Waals surface area (Å²) in [5.74, 6) is -1.47. The number of rotatable bonds is 19. The highest BCUT2D eigenvalue weighted by molar-refractivity contribution is 7.89. The van der Waals surface area contributed by atoms with Gasteiger partial charge in [-0.1, -0.05) is 133 Å². The van der Waals surface area contributed by atoms with Crippen molar-refractivity contribution in [2.75, 3.05) is 13.7 Å². The number of benzene rings is 5. The first kappa shape index (κ1) is 41.3. The maximum Gasteiger partial charge on any atom is 0.322 e. The molecule has 0 unspecified atom stereocenters. The normalized spacial score (nSPS) is 20.2. The Bertz CT molecular complexity index is 2150. The molecule has 0 spiro atoms. The second-order valence-electron chi connectivity index (χ2n) is 13.4. The minimum Gasteiger partial charge on any atom is -0.480 e. The molecule has 0 aliphatic carbocycles. The SMILES string of the molecule is CO[C@H]1O[C@H](CN([C@H](Cc2ccccc2)C(=O)O)S(=O)(=O)c2ccccc2[N+](=O)[O-])[C@@H](OCc2ccccc2)[C@H](OCc2ccccc2)[C@H]1OCc1ccccc1. The third-order valence-electron chi connectivity index (χ3n) is 9.59. The van der Waals surface area contributed by atoms with Gasteiger partial charge in [-0.05, 0) is 34.7 Å². The van der Waals surface area contributed by atoms with Gasteiger partial charge < -0.3 is 28.8 Å². The van der Waals surface area contributed by atoms with E-state index in [4.69, 9.17) is 23.7 Å². The van der Waals surface area contributed by atoms with Gasteiger partial charge in [0.05, 0.1) is 24.7 Å². The zero-order chi connectivity index (χ0) is 40.2. The van der Waals surface area contributed by atoms with E-state index in [1.54, 1.807) is 30.3 Å². The number of sulfonamides is 1. The molecule has 0 aromatic heterocycles. The first-order valence-corrected chi connectivity index (χ1v) is 19.8. The predicted molar refractivity (Wildman–Crippen MR) is 209 cm³/mol. The number of carboxylic acid groups (broad SMARTS) is 1. The lowest BCUT2D eigenvalue weighted by molar-refractivity contribution is -0.387. The number of nitrogens with zero attached hydrogens (tertiary/aromatic N) is 2. The molecule has 57 heavy (non-hydrogen) atoms. The minimum atomic E-state index is -4.93. The van der Waals surface area contributed by atoms with Crippen LogP contribution in [0.15, 0.2) is 150 Å². The van der Waals surface area contributed by atoms with Gasteiger partial charge in [-0.15, -0.1) is 0 Å². The second-order valence-corrected chi connectivity index (χ2v) is 15.3. The van der Waals surface area contributed by atoms with Gasteiger partial charge >= 0.3 is 5.97 Å². The lowest BCUT2D eigenvalue weighted by atomic mass is 9.96. The van der Waals surface area contributed by atoms with Crippen LogP contribution in [0.2, 0.25) is 0 Å². The van der Waals surface area contributed by atoms with Crippen LogP contribution in [0.5, 0.6) is 0 Å². The summed E-state index contributed by atoms with van der Waals surface area (Å²) in [7, 11) is -3.51. The van der Waals surface area contributed by atoms with Crippen molar-refractivity contribution in [2.24, 2.45) is 0 Å². The Morgan fingerprint density at radius 3 is 1.61 bits per heavy atom. The van der Waals surface area contributed by atoms with Crippen molar-refractivity contribution in [3.05, 3.63) is 178 Å². The predicted octanol–water partition coefficient (Wildman–Crippen LogP) is 6.41. The zero-order valence-electron chi connectivity index (χ0n) is 31.2. The number of carbonyl (C=O) groups is 1. The van der Waals surface area contributed by atoms with E-state index in [2.05, 4.69) is 0 Å². The summed E-state index contributed by atoms with van der Waals surface area (Å²) in [5.41, 5.74) is 2.33. The molecule has 6 rings (SSSR count). The van der Waals surface area contributed by atoms with Crippen LogP contribution in [-0.2, 0) is 64.7 Å².